The Bertz CT molecular complexity index is 719. The Morgan fingerprint density at radius 1 is 1.23 bits per heavy atom. The predicted octanol–water partition coefficient (Wildman–Crippen LogP) is 2.39. The number of guanidine groups is 1. The molecule has 1 saturated heterocycles. The van der Waals surface area contributed by atoms with Crippen molar-refractivity contribution in [2.24, 2.45) is 4.99 Å². The number of para-hydroxylation sites is 1. The Hall–Kier alpha value is -2.05. The van der Waals surface area contributed by atoms with Crippen LogP contribution in [0.4, 0.5) is 0 Å². The van der Waals surface area contributed by atoms with Crippen molar-refractivity contribution in [1.29, 1.82) is 0 Å². The van der Waals surface area contributed by atoms with E-state index in [0.717, 1.165) is 58.1 Å². The molecule has 2 aromatic rings. The number of rotatable bonds is 7. The van der Waals surface area contributed by atoms with Crippen molar-refractivity contribution < 1.29 is 9.47 Å². The number of aliphatic imine (C=N–C) groups is 1. The van der Waals surface area contributed by atoms with Gasteiger partial charge in [-0.3, -0.25) is 4.99 Å². The van der Waals surface area contributed by atoms with Crippen LogP contribution in [-0.2, 0) is 16.0 Å². The van der Waals surface area contributed by atoms with Gasteiger partial charge in [-0.25, -0.2) is 0 Å². The van der Waals surface area contributed by atoms with Crippen LogP contribution in [0.25, 0.3) is 10.9 Å². The van der Waals surface area contributed by atoms with Crippen molar-refractivity contribution in [3.63, 3.8) is 0 Å². The number of nitrogens with one attached hydrogen (secondary N) is 2. The normalized spacial score (nSPS) is 17.4. The Morgan fingerprint density at radius 3 is 2.81 bits per heavy atom. The molecule has 0 atom stereocenters. The van der Waals surface area contributed by atoms with Crippen LogP contribution in [0.15, 0.2) is 41.5 Å². The number of hydrogen-bond acceptors (Lipinski definition) is 3. The van der Waals surface area contributed by atoms with Crippen molar-refractivity contribution in [3.05, 3.63) is 36.5 Å². The fourth-order valence-corrected chi connectivity index (χ4v) is 3.45. The highest BCUT2D eigenvalue weighted by atomic mass is 16.5. The Morgan fingerprint density at radius 2 is 2.04 bits per heavy atom. The van der Waals surface area contributed by atoms with Gasteiger partial charge >= 0.3 is 0 Å². The average molecular weight is 358 g/mol. The minimum absolute atomic E-state index is 0.153. The molecule has 26 heavy (non-hydrogen) atoms. The molecule has 0 saturated carbocycles. The highest BCUT2D eigenvalue weighted by molar-refractivity contribution is 5.80. The molecule has 6 nitrogen and oxygen atoms in total. The van der Waals surface area contributed by atoms with Gasteiger partial charge in [-0.2, -0.15) is 0 Å². The third-order valence-corrected chi connectivity index (χ3v) is 5.19. The molecule has 1 aliphatic heterocycles. The topological polar surface area (TPSA) is 59.8 Å². The molecule has 1 fully saturated rings. The lowest BCUT2D eigenvalue weighted by Crippen LogP contribution is -2.50. The molecule has 142 valence electrons. The summed E-state index contributed by atoms with van der Waals surface area (Å²) in [6.07, 6.45) is 5.01. The zero-order chi connectivity index (χ0) is 18.2. The second kappa shape index (κ2) is 9.05. The first-order valence-corrected chi connectivity index (χ1v) is 9.38. The minimum Gasteiger partial charge on any atom is -0.381 e. The lowest BCUT2D eigenvalue weighted by molar-refractivity contribution is -0.0855. The number of benzene rings is 1. The zero-order valence-electron chi connectivity index (χ0n) is 15.8. The number of fused-ring (bicyclic) bond motifs is 1. The number of nitrogens with zero attached hydrogens (tertiary/aromatic N) is 2. The van der Waals surface area contributed by atoms with Crippen LogP contribution < -0.4 is 10.6 Å². The van der Waals surface area contributed by atoms with E-state index in [-0.39, 0.29) is 5.60 Å². The van der Waals surface area contributed by atoms with E-state index in [1.807, 2.05) is 0 Å². The van der Waals surface area contributed by atoms with Crippen molar-refractivity contribution in [2.45, 2.75) is 31.4 Å². The van der Waals surface area contributed by atoms with Crippen molar-refractivity contribution in [2.75, 3.05) is 40.5 Å². The molecule has 0 amide bonds. The van der Waals surface area contributed by atoms with Crippen LogP contribution in [0.5, 0.6) is 0 Å². The van der Waals surface area contributed by atoms with Crippen LogP contribution in [0, 0.1) is 0 Å². The van der Waals surface area contributed by atoms with Crippen LogP contribution in [0.2, 0.25) is 0 Å². The molecule has 0 spiro atoms. The number of hydrogen-bond donors (Lipinski definition) is 2. The molecule has 0 unspecified atom stereocenters. The zero-order valence-corrected chi connectivity index (χ0v) is 15.8. The van der Waals surface area contributed by atoms with E-state index in [2.05, 4.69) is 56.7 Å². The molecular weight excluding hydrogens is 328 g/mol. The van der Waals surface area contributed by atoms with Gasteiger partial charge in [-0.05, 0) is 23.9 Å². The minimum atomic E-state index is -0.153. The summed E-state index contributed by atoms with van der Waals surface area (Å²) in [6.45, 7) is 4.11. The van der Waals surface area contributed by atoms with Crippen molar-refractivity contribution >= 4 is 16.9 Å². The largest absolute Gasteiger partial charge is 0.381 e. The van der Waals surface area contributed by atoms with Crippen molar-refractivity contribution in [1.82, 2.24) is 15.2 Å². The summed E-state index contributed by atoms with van der Waals surface area (Å²) in [5.41, 5.74) is 1.14. The van der Waals surface area contributed by atoms with Gasteiger partial charge in [0.1, 0.15) is 0 Å². The maximum absolute atomic E-state index is 5.76. The number of aromatic nitrogens is 1. The third kappa shape index (κ3) is 4.56. The van der Waals surface area contributed by atoms with Gasteiger partial charge in [0.2, 0.25) is 0 Å². The smallest absolute Gasteiger partial charge is 0.191 e. The summed E-state index contributed by atoms with van der Waals surface area (Å²) in [5.74, 6) is 0.824. The fourth-order valence-electron chi connectivity index (χ4n) is 3.45. The van der Waals surface area contributed by atoms with Crippen LogP contribution in [0.3, 0.4) is 0 Å². The summed E-state index contributed by atoms with van der Waals surface area (Å²) < 4.78 is 13.5. The number of ether oxygens (including phenoxy) is 2. The molecule has 1 aliphatic rings. The molecule has 0 bridgehead atoms. The first-order chi connectivity index (χ1) is 12.8. The Kier molecular flexibility index (Phi) is 6.52. The van der Waals surface area contributed by atoms with E-state index >= 15 is 0 Å². The maximum atomic E-state index is 5.76. The van der Waals surface area contributed by atoms with Crippen LogP contribution in [-0.4, -0.2) is 56.6 Å². The summed E-state index contributed by atoms with van der Waals surface area (Å²) >= 11 is 0. The van der Waals surface area contributed by atoms with Gasteiger partial charge in [-0.15, -0.1) is 0 Å². The van der Waals surface area contributed by atoms with Gasteiger partial charge in [-0.1, -0.05) is 18.2 Å². The van der Waals surface area contributed by atoms with Gasteiger partial charge in [0.15, 0.2) is 5.96 Å². The highest BCUT2D eigenvalue weighted by Crippen LogP contribution is 2.23. The van der Waals surface area contributed by atoms with E-state index in [4.69, 9.17) is 9.47 Å². The average Bonchev–Trinajstić information content (AvgIpc) is 3.11. The standard InChI is InChI=1S/C20H30N4O2/c1-21-19(23-16-20(25-2)9-14-26-15-10-20)22-11-5-12-24-13-8-17-6-3-4-7-18(17)24/h3-4,6-8,13H,5,9-12,14-16H2,1-2H3,(H2,21,22,23). The maximum Gasteiger partial charge on any atom is 0.191 e. The predicted molar refractivity (Wildman–Crippen MR) is 106 cm³/mol. The second-order valence-corrected chi connectivity index (χ2v) is 6.77. The van der Waals surface area contributed by atoms with E-state index in [1.165, 1.54) is 10.9 Å². The van der Waals surface area contributed by atoms with E-state index in [0.29, 0.717) is 0 Å². The molecular formula is C20H30N4O2. The SMILES string of the molecule is CN=C(NCCCn1ccc2ccccc21)NCC1(OC)CCOCC1. The Balaban J connectivity index is 1.43. The lowest BCUT2D eigenvalue weighted by Gasteiger charge is -2.36. The molecule has 2 N–H and O–H groups in total. The summed E-state index contributed by atoms with van der Waals surface area (Å²) in [4.78, 5) is 4.32. The van der Waals surface area contributed by atoms with Crippen LogP contribution in [0.1, 0.15) is 19.3 Å². The monoisotopic (exact) mass is 358 g/mol. The molecule has 2 heterocycles. The lowest BCUT2D eigenvalue weighted by atomic mass is 9.94. The number of methoxy groups -OCH3 is 1. The summed E-state index contributed by atoms with van der Waals surface area (Å²) in [6, 6.07) is 10.7. The van der Waals surface area contributed by atoms with Crippen molar-refractivity contribution in [3.8, 4) is 0 Å². The first kappa shape index (κ1) is 18.7. The summed E-state index contributed by atoms with van der Waals surface area (Å²) in [5, 5.41) is 8.10. The van der Waals surface area contributed by atoms with E-state index in [9.17, 15) is 0 Å². The first-order valence-electron chi connectivity index (χ1n) is 9.38. The molecule has 1 aromatic heterocycles. The fraction of sp³-hybridized carbons (Fsp3) is 0.550. The molecule has 3 rings (SSSR count). The Labute approximate surface area is 155 Å². The van der Waals surface area contributed by atoms with Gasteiger partial charge < -0.3 is 24.7 Å². The number of aryl methyl sites for hydroxylation is 1. The van der Waals surface area contributed by atoms with E-state index in [1.54, 1.807) is 14.2 Å². The van der Waals surface area contributed by atoms with E-state index < -0.39 is 0 Å². The van der Waals surface area contributed by atoms with Gasteiger partial charge in [0.05, 0.1) is 5.60 Å². The molecule has 0 aliphatic carbocycles. The second-order valence-electron chi connectivity index (χ2n) is 6.77. The highest BCUT2D eigenvalue weighted by Gasteiger charge is 2.32. The summed E-state index contributed by atoms with van der Waals surface area (Å²) in [7, 11) is 3.59. The van der Waals surface area contributed by atoms with Crippen LogP contribution >= 0.6 is 0 Å². The molecule has 1 aromatic carbocycles. The third-order valence-electron chi connectivity index (χ3n) is 5.19. The molecule has 6 heteroatoms. The molecule has 0 radical (unpaired) electrons. The van der Waals surface area contributed by atoms with Gasteiger partial charge in [0.25, 0.3) is 0 Å². The quantitative estimate of drug-likeness (QED) is 0.453. The van der Waals surface area contributed by atoms with Gasteiger partial charge in [0, 0.05) is 71.6 Å².